The van der Waals surface area contributed by atoms with Gasteiger partial charge in [-0.25, -0.2) is 20.0 Å². The molecule has 6 aliphatic heterocycles. The van der Waals surface area contributed by atoms with E-state index in [0.717, 1.165) is 51.2 Å². The second-order valence-corrected chi connectivity index (χ2v) is 8.75. The van der Waals surface area contributed by atoms with E-state index in [-0.39, 0.29) is 6.17 Å². The second-order valence-electron chi connectivity index (χ2n) is 8.75. The molecule has 6 heteroatoms. The Kier molecular flexibility index (Phi) is 4.30. The standard InChI is InChI=1S/C27H24N6/c1-16-17(2)33(4)27(32(16)3)25-14-24-13-22-8-7-20(29-22)11-18-5-6-19(28-18)12-21-9-10-23(30-21)15-26(25)31-24/h5-15,27H,1-4H3. The van der Waals surface area contributed by atoms with Crippen LogP contribution >= 0.6 is 0 Å². The van der Waals surface area contributed by atoms with Crippen LogP contribution in [0.1, 0.15) is 13.8 Å². The van der Waals surface area contributed by atoms with E-state index < -0.39 is 0 Å². The van der Waals surface area contributed by atoms with Crippen molar-refractivity contribution in [1.29, 1.82) is 0 Å². The summed E-state index contributed by atoms with van der Waals surface area (Å²) in [4.78, 5) is 23.8. The van der Waals surface area contributed by atoms with Gasteiger partial charge in [-0.3, -0.25) is 0 Å². The summed E-state index contributed by atoms with van der Waals surface area (Å²) >= 11 is 0. The Morgan fingerprint density at radius 3 is 1.52 bits per heavy atom. The van der Waals surface area contributed by atoms with E-state index in [2.05, 4.69) is 54.9 Å². The number of fused-ring (bicyclic) bond motifs is 4. The zero-order valence-electron chi connectivity index (χ0n) is 19.1. The largest absolute Gasteiger partial charge is 0.353 e. The average molecular weight is 433 g/mol. The summed E-state index contributed by atoms with van der Waals surface area (Å²) in [5.74, 6) is 0. The van der Waals surface area contributed by atoms with Crippen molar-refractivity contribution in [2.45, 2.75) is 20.0 Å². The van der Waals surface area contributed by atoms with Crippen molar-refractivity contribution >= 4 is 22.8 Å². The van der Waals surface area contributed by atoms with Gasteiger partial charge in [0, 0.05) is 31.1 Å². The lowest BCUT2D eigenvalue weighted by molar-refractivity contribution is 0.228. The molecule has 0 aromatic rings. The van der Waals surface area contributed by atoms with Crippen LogP contribution in [0.15, 0.2) is 127 Å². The molecule has 0 atom stereocenters. The van der Waals surface area contributed by atoms with E-state index in [9.17, 15) is 0 Å². The summed E-state index contributed by atoms with van der Waals surface area (Å²) in [5.41, 5.74) is 10.8. The number of likely N-dealkylation sites (N-methyl/N-ethyl adjacent to an activating group) is 2. The summed E-state index contributed by atoms with van der Waals surface area (Å²) < 4.78 is 0. The van der Waals surface area contributed by atoms with Gasteiger partial charge in [-0.15, -0.1) is 0 Å². The molecule has 0 aromatic heterocycles. The van der Waals surface area contributed by atoms with Crippen molar-refractivity contribution in [3.63, 3.8) is 0 Å². The Labute approximate surface area is 193 Å². The van der Waals surface area contributed by atoms with Crippen LogP contribution in [0.4, 0.5) is 0 Å². The molecular weight excluding hydrogens is 408 g/mol. The van der Waals surface area contributed by atoms with E-state index in [4.69, 9.17) is 15.0 Å². The molecule has 6 rings (SSSR count). The molecule has 33 heavy (non-hydrogen) atoms. The molecule has 6 aliphatic rings. The molecule has 0 unspecified atom stereocenters. The van der Waals surface area contributed by atoms with E-state index >= 15 is 0 Å². The molecule has 6 heterocycles. The van der Waals surface area contributed by atoms with Crippen LogP contribution in [0.2, 0.25) is 0 Å². The maximum atomic E-state index is 4.99. The highest BCUT2D eigenvalue weighted by Crippen LogP contribution is 2.36. The summed E-state index contributed by atoms with van der Waals surface area (Å²) in [6.07, 6.45) is 22.4. The first-order chi connectivity index (χ1) is 15.9. The molecule has 0 radical (unpaired) electrons. The molecule has 0 amide bonds. The second kappa shape index (κ2) is 7.24. The Hall–Kier alpha value is -4.06. The van der Waals surface area contributed by atoms with E-state index in [0.29, 0.717) is 0 Å². The molecular formula is C27H24N6. The van der Waals surface area contributed by atoms with Gasteiger partial charge in [-0.2, -0.15) is 0 Å². The third-order valence-electron chi connectivity index (χ3n) is 6.66. The van der Waals surface area contributed by atoms with Gasteiger partial charge in [0.1, 0.15) is 6.17 Å². The number of hydrogen-bond acceptors (Lipinski definition) is 6. The predicted molar refractivity (Wildman–Crippen MR) is 135 cm³/mol. The van der Waals surface area contributed by atoms with Crippen molar-refractivity contribution in [3.05, 3.63) is 107 Å². The molecule has 0 saturated carbocycles. The molecule has 0 aromatic carbocycles. The molecule has 0 aliphatic carbocycles. The van der Waals surface area contributed by atoms with Gasteiger partial charge in [0.25, 0.3) is 0 Å². The number of nitrogens with zero attached hydrogens (tertiary/aromatic N) is 6. The van der Waals surface area contributed by atoms with Gasteiger partial charge in [0.15, 0.2) is 0 Å². The Morgan fingerprint density at radius 1 is 0.545 bits per heavy atom. The fraction of sp³-hybridized carbons (Fsp3) is 0.185. The fourth-order valence-corrected chi connectivity index (χ4v) is 4.68. The monoisotopic (exact) mass is 432 g/mol. The van der Waals surface area contributed by atoms with E-state index in [1.54, 1.807) is 0 Å². The Balaban J connectivity index is 1.48. The highest BCUT2D eigenvalue weighted by atomic mass is 15.4. The maximum absolute atomic E-state index is 4.99. The van der Waals surface area contributed by atoms with Crippen molar-refractivity contribution in [3.8, 4) is 0 Å². The minimum atomic E-state index is 0.0807. The minimum absolute atomic E-state index is 0.0807. The van der Waals surface area contributed by atoms with Crippen LogP contribution in [0.3, 0.4) is 0 Å². The first-order valence-electron chi connectivity index (χ1n) is 11.1. The van der Waals surface area contributed by atoms with Gasteiger partial charge in [0.2, 0.25) is 0 Å². The van der Waals surface area contributed by atoms with Crippen LogP contribution in [0.5, 0.6) is 0 Å². The molecule has 162 valence electrons. The molecule has 0 saturated heterocycles. The van der Waals surface area contributed by atoms with Gasteiger partial charge in [-0.05, 0) is 80.7 Å². The Morgan fingerprint density at radius 2 is 1.00 bits per heavy atom. The zero-order valence-corrected chi connectivity index (χ0v) is 19.1. The van der Waals surface area contributed by atoms with Gasteiger partial charge >= 0.3 is 0 Å². The van der Waals surface area contributed by atoms with Crippen molar-refractivity contribution in [2.75, 3.05) is 14.1 Å². The van der Waals surface area contributed by atoms with Crippen LogP contribution in [0.25, 0.3) is 0 Å². The highest BCUT2D eigenvalue weighted by molar-refractivity contribution is 6.15. The van der Waals surface area contributed by atoms with Crippen LogP contribution < -0.4 is 0 Å². The lowest BCUT2D eigenvalue weighted by atomic mass is 10.1. The Bertz CT molecular complexity index is 1370. The molecule has 0 spiro atoms. The van der Waals surface area contributed by atoms with Crippen LogP contribution in [-0.4, -0.2) is 52.9 Å². The number of aliphatic imine (C=N–C) groups is 4. The fourth-order valence-electron chi connectivity index (χ4n) is 4.68. The minimum Gasteiger partial charge on any atom is -0.353 e. The third-order valence-corrected chi connectivity index (χ3v) is 6.66. The molecule has 8 bridgehead atoms. The summed E-state index contributed by atoms with van der Waals surface area (Å²) in [7, 11) is 4.27. The van der Waals surface area contributed by atoms with Crippen molar-refractivity contribution in [1.82, 2.24) is 9.80 Å². The number of rotatable bonds is 1. The normalized spacial score (nSPS) is 23.5. The van der Waals surface area contributed by atoms with Crippen molar-refractivity contribution < 1.29 is 0 Å². The number of allylic oxidation sites excluding steroid dienone is 13. The first-order valence-corrected chi connectivity index (χ1v) is 11.1. The molecule has 6 nitrogen and oxygen atoms in total. The maximum Gasteiger partial charge on any atom is 0.129 e. The molecule has 0 N–H and O–H groups in total. The van der Waals surface area contributed by atoms with Crippen molar-refractivity contribution in [2.24, 2.45) is 20.0 Å². The van der Waals surface area contributed by atoms with Crippen LogP contribution in [0, 0.1) is 0 Å². The zero-order chi connectivity index (χ0) is 22.7. The lowest BCUT2D eigenvalue weighted by Gasteiger charge is -2.31. The summed E-state index contributed by atoms with van der Waals surface area (Å²) in [5, 5.41) is 0. The highest BCUT2D eigenvalue weighted by Gasteiger charge is 2.35. The predicted octanol–water partition coefficient (Wildman–Crippen LogP) is 4.40. The average Bonchev–Trinajstić information content (AvgIpc) is 3.60. The topological polar surface area (TPSA) is 55.9 Å². The first kappa shape index (κ1) is 19.6. The third kappa shape index (κ3) is 3.35. The smallest absolute Gasteiger partial charge is 0.129 e. The van der Waals surface area contributed by atoms with Crippen LogP contribution in [-0.2, 0) is 0 Å². The summed E-state index contributed by atoms with van der Waals surface area (Å²) in [6, 6.07) is 0. The van der Waals surface area contributed by atoms with E-state index in [1.807, 2.05) is 54.7 Å². The number of hydrogen-bond donors (Lipinski definition) is 0. The van der Waals surface area contributed by atoms with Gasteiger partial charge in [-0.1, -0.05) is 0 Å². The van der Waals surface area contributed by atoms with Gasteiger partial charge < -0.3 is 9.80 Å². The SMILES string of the molecule is CC1=C(C)N(C)C(C2=CC3=NC2=CC2=NC(=CC4=NC(=CC5=NC(=C3)C=C5)C=C4)C=C2)N1C. The molecule has 0 fully saturated rings. The lowest BCUT2D eigenvalue weighted by Crippen LogP contribution is -2.37. The summed E-state index contributed by atoms with van der Waals surface area (Å²) in [6.45, 7) is 4.32. The van der Waals surface area contributed by atoms with E-state index in [1.165, 1.54) is 11.4 Å². The van der Waals surface area contributed by atoms with Gasteiger partial charge in [0.05, 0.1) is 45.6 Å². The quantitative estimate of drug-likeness (QED) is 0.617.